The van der Waals surface area contributed by atoms with Gasteiger partial charge in [-0.15, -0.1) is 0 Å². The number of rotatable bonds is 6. The molecule has 142 valence electrons. The van der Waals surface area contributed by atoms with Gasteiger partial charge >= 0.3 is 94.4 Å². The summed E-state index contributed by atoms with van der Waals surface area (Å²) >= 11 is 0. The predicted molar refractivity (Wildman–Crippen MR) is 71.1 cm³/mol. The van der Waals surface area contributed by atoms with Crippen molar-refractivity contribution in [3.8, 4) is 0 Å². The average Bonchev–Trinajstić information content (AvgIpc) is 2.71. The van der Waals surface area contributed by atoms with E-state index in [1.807, 2.05) is 0 Å². The first-order valence-corrected chi connectivity index (χ1v) is 9.37. The minimum Gasteiger partial charge on any atom is -0.790 e. The van der Waals surface area contributed by atoms with E-state index in [1.54, 1.807) is 0 Å². The van der Waals surface area contributed by atoms with Crippen LogP contribution in [0.1, 0.15) is 6.23 Å². The minimum absolute atomic E-state index is 0. The first-order chi connectivity index (χ1) is 11.4. The molecule has 0 radical (unpaired) electrons. The Hall–Kier alpha value is 1.82. The van der Waals surface area contributed by atoms with E-state index in [2.05, 4.69) is 13.8 Å². The van der Waals surface area contributed by atoms with E-state index >= 15 is 0 Å². The Balaban J connectivity index is 0. The van der Waals surface area contributed by atoms with Gasteiger partial charge in [-0.3, -0.25) is 13.4 Å². The monoisotopic (exact) mass is 469 g/mol. The second-order valence-corrected chi connectivity index (χ2v) is 7.56. The molecule has 0 spiro atoms. The van der Waals surface area contributed by atoms with Crippen LogP contribution in [0.4, 0.5) is 5.82 Å². The van der Waals surface area contributed by atoms with Gasteiger partial charge in [0.15, 0.2) is 6.23 Å². The number of anilines is 1. The summed E-state index contributed by atoms with van der Waals surface area (Å²) in [5.41, 5.74) is 4.40. The summed E-state index contributed by atoms with van der Waals surface area (Å²) in [6, 6.07) is 1.22. The van der Waals surface area contributed by atoms with Gasteiger partial charge in [-0.25, -0.2) is 4.79 Å². The maximum Gasteiger partial charge on any atom is 1.00 e. The Kier molecular flexibility index (Phi) is 14.6. The normalized spacial score (nSPS) is 26.3. The number of phosphoric ester groups is 1. The Morgan fingerprint density at radius 1 is 1.21 bits per heavy atom. The van der Waals surface area contributed by atoms with Gasteiger partial charge in [-0.05, 0) is 6.07 Å². The molecule has 1 aromatic rings. The fraction of sp³-hybridized carbons (Fsp3) is 0.556. The van der Waals surface area contributed by atoms with E-state index in [4.69, 9.17) is 10.5 Å². The van der Waals surface area contributed by atoms with E-state index in [0.29, 0.717) is 0 Å². The molecule has 0 amide bonds. The molecule has 28 heavy (non-hydrogen) atoms. The molecule has 14 nitrogen and oxygen atoms in total. The third kappa shape index (κ3) is 9.13. The number of aromatic nitrogens is 2. The maximum atomic E-state index is 11.7. The smallest absolute Gasteiger partial charge is 0.790 e. The zero-order valence-electron chi connectivity index (χ0n) is 15.1. The molecule has 5 atom stereocenters. The van der Waals surface area contributed by atoms with Gasteiger partial charge in [0.1, 0.15) is 24.1 Å². The van der Waals surface area contributed by atoms with Gasteiger partial charge in [0.2, 0.25) is 0 Å². The predicted octanol–water partition coefficient (Wildman–Crippen LogP) is -13.2. The molecule has 1 aromatic heterocycles. The molecule has 4 N–H and O–H groups in total. The van der Waals surface area contributed by atoms with Gasteiger partial charge in [-0.1, -0.05) is 0 Å². The van der Waals surface area contributed by atoms with Crippen LogP contribution in [0.2, 0.25) is 0 Å². The number of nitrogen functional groups attached to an aromatic ring is 1. The van der Waals surface area contributed by atoms with E-state index in [0.717, 1.165) is 10.8 Å². The molecule has 1 saturated heterocycles. The molecule has 1 fully saturated rings. The molecule has 0 aromatic carbocycles. The molecule has 1 aliphatic heterocycles. The molecular formula is C9H12N3Na3O11P2. The minimum atomic E-state index is -5.87. The fourth-order valence-corrected chi connectivity index (χ4v) is 3.52. The second kappa shape index (κ2) is 12.8. The summed E-state index contributed by atoms with van der Waals surface area (Å²) < 4.78 is 34.7. The van der Waals surface area contributed by atoms with Gasteiger partial charge in [0.25, 0.3) is 7.82 Å². The van der Waals surface area contributed by atoms with Crippen LogP contribution >= 0.6 is 15.6 Å². The number of aliphatic hydroxyl groups excluding tert-OH is 2. The van der Waals surface area contributed by atoms with Gasteiger partial charge in [0, 0.05) is 6.20 Å². The number of hydrogen-bond donors (Lipinski definition) is 3. The van der Waals surface area contributed by atoms with E-state index in [-0.39, 0.29) is 94.5 Å². The molecule has 0 aliphatic carbocycles. The van der Waals surface area contributed by atoms with Crippen LogP contribution in [0.15, 0.2) is 17.1 Å². The maximum absolute atomic E-state index is 11.7. The summed E-state index contributed by atoms with van der Waals surface area (Å²) in [6.45, 7) is -0.993. The molecule has 1 aliphatic rings. The summed E-state index contributed by atoms with van der Waals surface area (Å²) in [7, 11) is -11.4. The van der Waals surface area contributed by atoms with Crippen molar-refractivity contribution in [1.82, 2.24) is 9.55 Å². The molecule has 19 heteroatoms. The van der Waals surface area contributed by atoms with E-state index in [9.17, 15) is 38.8 Å². The standard InChI is InChI=1S/C9H15N3O11P2.3Na/c10-5-1-2-12(9(15)11-5)8-7(14)6(13)4(22-8)3-21-25(19,20)23-24(16,17)18;;;/h1-2,4,6-8,13-14H,3H2,(H,19,20)(H2,10,11,15)(H2,16,17,18);;;/q;3*+1/p-3. The Labute approximate surface area is 224 Å². The van der Waals surface area contributed by atoms with Crippen molar-refractivity contribution >= 4 is 21.5 Å². The summed E-state index contributed by atoms with van der Waals surface area (Å²) in [4.78, 5) is 46.8. The molecular weight excluding hydrogens is 457 g/mol. The Morgan fingerprint density at radius 2 is 1.79 bits per heavy atom. The quantitative estimate of drug-likeness (QED) is 0.260. The number of aliphatic hydroxyl groups is 2. The number of phosphoric acid groups is 2. The van der Waals surface area contributed by atoms with Gasteiger partial charge in [-0.2, -0.15) is 4.98 Å². The van der Waals surface area contributed by atoms with Crippen molar-refractivity contribution in [1.29, 1.82) is 0 Å². The number of nitrogens with two attached hydrogens (primary N) is 1. The van der Waals surface area contributed by atoms with Crippen LogP contribution in [-0.4, -0.2) is 44.7 Å². The van der Waals surface area contributed by atoms with Crippen molar-refractivity contribution in [2.75, 3.05) is 12.3 Å². The Bertz CT molecular complexity index is 792. The van der Waals surface area contributed by atoms with Gasteiger partial charge < -0.3 is 44.5 Å². The summed E-state index contributed by atoms with van der Waals surface area (Å²) in [5, 5.41) is 19.8. The summed E-state index contributed by atoms with van der Waals surface area (Å²) in [6.07, 6.45) is -5.19. The zero-order valence-corrected chi connectivity index (χ0v) is 22.9. The molecule has 5 unspecified atom stereocenters. The molecule has 0 saturated carbocycles. The zero-order chi connectivity index (χ0) is 19.0. The SMILES string of the molecule is Nc1ccn(C2OC(COP(=O)([O-])OP(=O)([O-])[O-])C(O)C2O)c(=O)n1.[Na+].[Na+].[Na+]. The third-order valence-electron chi connectivity index (χ3n) is 3.06. The van der Waals surface area contributed by atoms with E-state index in [1.165, 1.54) is 6.07 Å². The molecule has 2 heterocycles. The van der Waals surface area contributed by atoms with Crippen LogP contribution in [0.5, 0.6) is 0 Å². The largest absolute Gasteiger partial charge is 1.00 e. The van der Waals surface area contributed by atoms with Crippen molar-refractivity contribution < 1.29 is 136 Å². The number of hydrogen-bond acceptors (Lipinski definition) is 13. The average molecular weight is 469 g/mol. The third-order valence-corrected chi connectivity index (χ3v) is 5.13. The number of nitrogens with zero attached hydrogens (tertiary/aromatic N) is 2. The van der Waals surface area contributed by atoms with E-state index < -0.39 is 52.5 Å². The van der Waals surface area contributed by atoms with Crippen molar-refractivity contribution in [2.24, 2.45) is 0 Å². The van der Waals surface area contributed by atoms with Gasteiger partial charge in [0.05, 0.1) is 14.4 Å². The Morgan fingerprint density at radius 3 is 2.29 bits per heavy atom. The van der Waals surface area contributed by atoms with Crippen molar-refractivity contribution in [2.45, 2.75) is 24.5 Å². The first-order valence-electron chi connectivity index (χ1n) is 6.45. The van der Waals surface area contributed by atoms with Crippen LogP contribution in [0.25, 0.3) is 0 Å². The molecule has 0 bridgehead atoms. The van der Waals surface area contributed by atoms with Crippen LogP contribution < -0.4 is 115 Å². The molecule has 2 rings (SSSR count). The summed E-state index contributed by atoms with van der Waals surface area (Å²) in [5.74, 6) is -0.0988. The second-order valence-electron chi connectivity index (χ2n) is 4.86. The van der Waals surface area contributed by atoms with Crippen molar-refractivity contribution in [3.63, 3.8) is 0 Å². The van der Waals surface area contributed by atoms with Crippen LogP contribution in [0, 0.1) is 0 Å². The van der Waals surface area contributed by atoms with Crippen molar-refractivity contribution in [3.05, 3.63) is 22.7 Å². The first kappa shape index (κ1) is 32.0. The number of ether oxygens (including phenoxy) is 1. The topological polar surface area (TPSA) is 232 Å². The van der Waals surface area contributed by atoms with Crippen LogP contribution in [0.3, 0.4) is 0 Å². The van der Waals surface area contributed by atoms with Crippen LogP contribution in [-0.2, 0) is 22.7 Å². The fourth-order valence-electron chi connectivity index (χ4n) is 2.03.